The van der Waals surface area contributed by atoms with E-state index in [1.54, 1.807) is 29.2 Å². The number of carbonyl (C=O) groups excluding carboxylic acids is 1. The van der Waals surface area contributed by atoms with Crippen molar-refractivity contribution in [1.29, 1.82) is 0 Å². The number of hydrogen-bond acceptors (Lipinski definition) is 4. The van der Waals surface area contributed by atoms with Crippen molar-refractivity contribution in [2.75, 3.05) is 49.8 Å². The van der Waals surface area contributed by atoms with E-state index in [1.165, 1.54) is 5.56 Å². The lowest BCUT2D eigenvalue weighted by Gasteiger charge is -2.35. The number of carbonyl (C=O) groups is 1. The maximum atomic E-state index is 12.8. The molecule has 0 aromatic heterocycles. The normalized spacial score (nSPS) is 15.3. The zero-order chi connectivity index (χ0) is 20.9. The van der Waals surface area contributed by atoms with Gasteiger partial charge in [-0.15, -0.1) is 0 Å². The number of rotatable bonds is 7. The van der Waals surface area contributed by atoms with E-state index in [9.17, 15) is 13.2 Å². The minimum absolute atomic E-state index is 0.196. The van der Waals surface area contributed by atoms with E-state index in [1.807, 2.05) is 18.2 Å². The summed E-state index contributed by atoms with van der Waals surface area (Å²) in [7, 11) is -3.60. The molecule has 0 atom stereocenters. The van der Waals surface area contributed by atoms with Crippen molar-refractivity contribution < 1.29 is 13.2 Å². The quantitative estimate of drug-likeness (QED) is 0.670. The predicted octanol–water partition coefficient (Wildman–Crippen LogP) is 2.49. The van der Waals surface area contributed by atoms with Gasteiger partial charge < -0.3 is 4.90 Å². The molecule has 29 heavy (non-hydrogen) atoms. The number of halogens is 1. The number of nitrogens with zero attached hydrogens (tertiary/aromatic N) is 3. The number of sulfonamides is 1. The molecule has 0 bridgehead atoms. The van der Waals surface area contributed by atoms with Crippen LogP contribution in [0, 0.1) is 0 Å². The summed E-state index contributed by atoms with van der Waals surface area (Å²) in [5.74, 6) is -0.196. The van der Waals surface area contributed by atoms with Crippen LogP contribution in [0.3, 0.4) is 0 Å². The summed E-state index contributed by atoms with van der Waals surface area (Å²) in [5, 5.41) is 0.427. The van der Waals surface area contributed by atoms with Gasteiger partial charge in [0, 0.05) is 37.7 Å². The first kappa shape index (κ1) is 21.6. The van der Waals surface area contributed by atoms with E-state index in [-0.39, 0.29) is 12.5 Å². The maximum absolute atomic E-state index is 12.8. The molecule has 1 saturated heterocycles. The molecule has 0 saturated carbocycles. The number of piperazine rings is 1. The van der Waals surface area contributed by atoms with Crippen molar-refractivity contribution >= 4 is 33.2 Å². The van der Waals surface area contributed by atoms with Crippen LogP contribution >= 0.6 is 11.6 Å². The van der Waals surface area contributed by atoms with E-state index in [2.05, 4.69) is 17.0 Å². The first-order chi connectivity index (χ1) is 13.8. The first-order valence-corrected chi connectivity index (χ1v) is 11.8. The van der Waals surface area contributed by atoms with Crippen LogP contribution in [-0.4, -0.2) is 69.6 Å². The van der Waals surface area contributed by atoms with Gasteiger partial charge in [0.15, 0.2) is 0 Å². The topological polar surface area (TPSA) is 60.9 Å². The molecular weight excluding hydrogens is 410 g/mol. The zero-order valence-corrected chi connectivity index (χ0v) is 18.1. The Hall–Kier alpha value is -2.09. The Morgan fingerprint density at radius 2 is 1.72 bits per heavy atom. The van der Waals surface area contributed by atoms with Gasteiger partial charge in [0.1, 0.15) is 6.54 Å². The van der Waals surface area contributed by atoms with Crippen molar-refractivity contribution in [3.8, 4) is 0 Å². The Labute approximate surface area is 177 Å². The van der Waals surface area contributed by atoms with Gasteiger partial charge in [-0.25, -0.2) is 8.42 Å². The molecule has 1 heterocycles. The Kier molecular flexibility index (Phi) is 7.16. The molecule has 2 aromatic carbocycles. The lowest BCUT2D eigenvalue weighted by atomic mass is 10.1. The average molecular weight is 436 g/mol. The van der Waals surface area contributed by atoms with Crippen molar-refractivity contribution in [2.45, 2.75) is 6.42 Å². The van der Waals surface area contributed by atoms with Gasteiger partial charge in [0.05, 0.1) is 11.9 Å². The third-order valence-electron chi connectivity index (χ3n) is 5.06. The highest BCUT2D eigenvalue weighted by molar-refractivity contribution is 7.92. The minimum Gasteiger partial charge on any atom is -0.339 e. The van der Waals surface area contributed by atoms with Crippen molar-refractivity contribution in [3.63, 3.8) is 0 Å². The fourth-order valence-corrected chi connectivity index (χ4v) is 4.43. The molecule has 1 amide bonds. The van der Waals surface area contributed by atoms with Crippen LogP contribution < -0.4 is 4.31 Å². The molecule has 0 unspecified atom stereocenters. The second kappa shape index (κ2) is 9.61. The first-order valence-electron chi connectivity index (χ1n) is 9.60. The summed E-state index contributed by atoms with van der Waals surface area (Å²) < 4.78 is 25.6. The molecule has 1 aliphatic heterocycles. The van der Waals surface area contributed by atoms with Gasteiger partial charge in [-0.3, -0.25) is 14.0 Å². The average Bonchev–Trinajstić information content (AvgIpc) is 2.70. The third-order valence-corrected chi connectivity index (χ3v) is 6.44. The van der Waals surface area contributed by atoms with Crippen LogP contribution in [0.4, 0.5) is 5.69 Å². The highest BCUT2D eigenvalue weighted by atomic mass is 35.5. The standard InChI is InChI=1S/C21H26ClN3O3S/c1-29(27,28)25(20-9-5-8-19(22)16-20)17-21(26)24-14-12-23(13-15-24)11-10-18-6-3-2-4-7-18/h2-9,16H,10-15,17H2,1H3. The van der Waals surface area contributed by atoms with Gasteiger partial charge in [0.2, 0.25) is 15.9 Å². The summed E-state index contributed by atoms with van der Waals surface area (Å²) in [4.78, 5) is 16.8. The minimum atomic E-state index is -3.60. The van der Waals surface area contributed by atoms with Gasteiger partial charge in [-0.05, 0) is 30.2 Å². The molecule has 8 heteroatoms. The van der Waals surface area contributed by atoms with E-state index in [0.717, 1.165) is 36.6 Å². The van der Waals surface area contributed by atoms with Crippen molar-refractivity contribution in [1.82, 2.24) is 9.80 Å². The van der Waals surface area contributed by atoms with E-state index in [0.29, 0.717) is 23.8 Å². The van der Waals surface area contributed by atoms with Crippen molar-refractivity contribution in [3.05, 3.63) is 65.2 Å². The molecule has 0 spiro atoms. The molecule has 2 aromatic rings. The second-order valence-corrected chi connectivity index (χ2v) is 9.55. The van der Waals surface area contributed by atoms with Gasteiger partial charge in [-0.2, -0.15) is 0 Å². The highest BCUT2D eigenvalue weighted by Gasteiger charge is 2.26. The fraction of sp³-hybridized carbons (Fsp3) is 0.381. The van der Waals surface area contributed by atoms with Crippen LogP contribution in [-0.2, 0) is 21.2 Å². The molecular formula is C21H26ClN3O3S. The van der Waals surface area contributed by atoms with E-state index in [4.69, 9.17) is 11.6 Å². The van der Waals surface area contributed by atoms with Gasteiger partial charge in [-0.1, -0.05) is 48.0 Å². The molecule has 1 fully saturated rings. The molecule has 0 aliphatic carbocycles. The highest BCUT2D eigenvalue weighted by Crippen LogP contribution is 2.22. The van der Waals surface area contributed by atoms with Crippen LogP contribution in [0.1, 0.15) is 5.56 Å². The van der Waals surface area contributed by atoms with Crippen LogP contribution in [0.2, 0.25) is 5.02 Å². The summed E-state index contributed by atoms with van der Waals surface area (Å²) in [6.07, 6.45) is 2.08. The molecule has 0 radical (unpaired) electrons. The Balaban J connectivity index is 1.55. The summed E-state index contributed by atoms with van der Waals surface area (Å²) in [6.45, 7) is 3.50. The van der Waals surface area contributed by atoms with Crippen molar-refractivity contribution in [2.24, 2.45) is 0 Å². The lowest BCUT2D eigenvalue weighted by Crippen LogP contribution is -2.52. The Morgan fingerprint density at radius 1 is 1.03 bits per heavy atom. The molecule has 3 rings (SSSR count). The molecule has 1 aliphatic rings. The van der Waals surface area contributed by atoms with Gasteiger partial charge >= 0.3 is 0 Å². The Morgan fingerprint density at radius 3 is 2.34 bits per heavy atom. The summed E-state index contributed by atoms with van der Waals surface area (Å²) >= 11 is 5.99. The zero-order valence-electron chi connectivity index (χ0n) is 16.5. The van der Waals surface area contributed by atoms with E-state index < -0.39 is 10.0 Å². The molecule has 156 valence electrons. The number of benzene rings is 2. The third kappa shape index (κ3) is 6.19. The molecule has 0 N–H and O–H groups in total. The second-order valence-electron chi connectivity index (χ2n) is 7.21. The predicted molar refractivity (Wildman–Crippen MR) is 117 cm³/mol. The lowest BCUT2D eigenvalue weighted by molar-refractivity contribution is -0.131. The summed E-state index contributed by atoms with van der Waals surface area (Å²) in [6, 6.07) is 16.9. The number of hydrogen-bond donors (Lipinski definition) is 0. The fourth-order valence-electron chi connectivity index (χ4n) is 3.41. The Bertz CT molecular complexity index is 929. The number of amides is 1. The maximum Gasteiger partial charge on any atom is 0.243 e. The smallest absolute Gasteiger partial charge is 0.243 e. The van der Waals surface area contributed by atoms with Gasteiger partial charge in [0.25, 0.3) is 0 Å². The monoisotopic (exact) mass is 435 g/mol. The molecule has 6 nitrogen and oxygen atoms in total. The SMILES string of the molecule is CS(=O)(=O)N(CC(=O)N1CCN(CCc2ccccc2)CC1)c1cccc(Cl)c1. The van der Waals surface area contributed by atoms with E-state index >= 15 is 0 Å². The number of anilines is 1. The summed E-state index contributed by atoms with van der Waals surface area (Å²) in [5.41, 5.74) is 1.70. The van der Waals surface area contributed by atoms with Crippen LogP contribution in [0.25, 0.3) is 0 Å². The van der Waals surface area contributed by atoms with Crippen LogP contribution in [0.15, 0.2) is 54.6 Å². The van der Waals surface area contributed by atoms with Crippen LogP contribution in [0.5, 0.6) is 0 Å². The largest absolute Gasteiger partial charge is 0.339 e.